The number of methoxy groups -OCH3 is 1. The van der Waals surface area contributed by atoms with Crippen molar-refractivity contribution in [1.29, 1.82) is 0 Å². The highest BCUT2D eigenvalue weighted by atomic mass is 16.5. The van der Waals surface area contributed by atoms with Gasteiger partial charge in [0, 0.05) is 32.7 Å². The summed E-state index contributed by atoms with van der Waals surface area (Å²) in [6.45, 7) is 1.87. The second kappa shape index (κ2) is 5.42. The maximum absolute atomic E-state index is 12.7. The molecule has 3 rings (SSSR count). The van der Waals surface area contributed by atoms with E-state index in [0.29, 0.717) is 25.3 Å². The second-order valence-electron chi connectivity index (χ2n) is 5.37. The van der Waals surface area contributed by atoms with E-state index in [9.17, 15) is 4.79 Å². The predicted octanol–water partition coefficient (Wildman–Crippen LogP) is 0.810. The van der Waals surface area contributed by atoms with Crippen molar-refractivity contribution >= 4 is 5.91 Å². The summed E-state index contributed by atoms with van der Waals surface area (Å²) >= 11 is 0. The van der Waals surface area contributed by atoms with Gasteiger partial charge in [0.25, 0.3) is 5.91 Å². The van der Waals surface area contributed by atoms with Crippen LogP contribution < -0.4 is 10.5 Å². The molecule has 0 unspecified atom stereocenters. The molecule has 0 radical (unpaired) electrons. The molecule has 0 spiro atoms. The van der Waals surface area contributed by atoms with E-state index in [0.717, 1.165) is 24.2 Å². The van der Waals surface area contributed by atoms with Crippen LogP contribution >= 0.6 is 0 Å². The molecular weight excluding hydrogens is 256 g/mol. The van der Waals surface area contributed by atoms with E-state index >= 15 is 0 Å². The van der Waals surface area contributed by atoms with E-state index in [4.69, 9.17) is 15.2 Å². The lowest BCUT2D eigenvalue weighted by Crippen LogP contribution is -2.53. The SMILES string of the molecule is CO[C@@H]1CN(C(=O)c2cccc3c2OCC3)CC[C@@H]1N. The van der Waals surface area contributed by atoms with Crippen molar-refractivity contribution in [3.05, 3.63) is 29.3 Å². The number of rotatable bonds is 2. The summed E-state index contributed by atoms with van der Waals surface area (Å²) in [5.74, 6) is 0.763. The van der Waals surface area contributed by atoms with Gasteiger partial charge in [-0.2, -0.15) is 0 Å². The van der Waals surface area contributed by atoms with Crippen LogP contribution in [0.15, 0.2) is 18.2 Å². The van der Waals surface area contributed by atoms with Gasteiger partial charge >= 0.3 is 0 Å². The quantitative estimate of drug-likeness (QED) is 0.868. The molecule has 1 aromatic carbocycles. The monoisotopic (exact) mass is 276 g/mol. The zero-order valence-corrected chi connectivity index (χ0v) is 11.7. The van der Waals surface area contributed by atoms with Crippen LogP contribution in [0.3, 0.4) is 0 Å². The lowest BCUT2D eigenvalue weighted by molar-refractivity contribution is 0.0160. The first-order valence-electron chi connectivity index (χ1n) is 7.03. The Kier molecular flexibility index (Phi) is 3.63. The first-order chi connectivity index (χ1) is 9.70. The molecule has 2 heterocycles. The molecule has 108 valence electrons. The average Bonchev–Trinajstić information content (AvgIpc) is 2.95. The van der Waals surface area contributed by atoms with Crippen molar-refractivity contribution in [3.63, 3.8) is 0 Å². The topological polar surface area (TPSA) is 64.8 Å². The number of benzene rings is 1. The van der Waals surface area contributed by atoms with Gasteiger partial charge in [0.15, 0.2) is 0 Å². The molecule has 20 heavy (non-hydrogen) atoms. The summed E-state index contributed by atoms with van der Waals surface area (Å²) in [5, 5.41) is 0. The third-order valence-corrected chi connectivity index (χ3v) is 4.14. The minimum atomic E-state index is -0.0922. The third-order valence-electron chi connectivity index (χ3n) is 4.14. The van der Waals surface area contributed by atoms with Crippen LogP contribution in [0.1, 0.15) is 22.3 Å². The van der Waals surface area contributed by atoms with Gasteiger partial charge in [-0.3, -0.25) is 4.79 Å². The number of piperidine rings is 1. The lowest BCUT2D eigenvalue weighted by Gasteiger charge is -2.36. The summed E-state index contributed by atoms with van der Waals surface area (Å²) in [4.78, 5) is 14.5. The fourth-order valence-electron chi connectivity index (χ4n) is 2.92. The number of hydrogen-bond acceptors (Lipinski definition) is 4. The summed E-state index contributed by atoms with van der Waals surface area (Å²) < 4.78 is 11.0. The number of fused-ring (bicyclic) bond motifs is 1. The molecule has 2 atom stereocenters. The number of ether oxygens (including phenoxy) is 2. The highest BCUT2D eigenvalue weighted by Gasteiger charge is 2.31. The van der Waals surface area contributed by atoms with E-state index in [1.54, 1.807) is 7.11 Å². The average molecular weight is 276 g/mol. The van der Waals surface area contributed by atoms with Crippen LogP contribution in [-0.4, -0.2) is 49.8 Å². The molecule has 0 aliphatic carbocycles. The van der Waals surface area contributed by atoms with E-state index in [1.165, 1.54) is 0 Å². The Labute approximate surface area is 118 Å². The van der Waals surface area contributed by atoms with Crippen LogP contribution in [0.2, 0.25) is 0 Å². The molecule has 2 N–H and O–H groups in total. The zero-order valence-electron chi connectivity index (χ0n) is 11.7. The van der Waals surface area contributed by atoms with Crippen LogP contribution in [0.25, 0.3) is 0 Å². The maximum atomic E-state index is 12.7. The van der Waals surface area contributed by atoms with Crippen LogP contribution in [0.5, 0.6) is 5.75 Å². The first kappa shape index (κ1) is 13.4. The van der Waals surface area contributed by atoms with Crippen LogP contribution in [0.4, 0.5) is 0 Å². The van der Waals surface area contributed by atoms with Gasteiger partial charge in [-0.25, -0.2) is 0 Å². The van der Waals surface area contributed by atoms with Gasteiger partial charge < -0.3 is 20.1 Å². The second-order valence-corrected chi connectivity index (χ2v) is 5.37. The molecule has 1 aromatic rings. The van der Waals surface area contributed by atoms with Crippen LogP contribution in [0, 0.1) is 0 Å². The number of para-hydroxylation sites is 1. The Balaban J connectivity index is 1.81. The number of carbonyl (C=O) groups is 1. The summed E-state index contributed by atoms with van der Waals surface area (Å²) in [6, 6.07) is 5.78. The van der Waals surface area contributed by atoms with Crippen molar-refractivity contribution in [3.8, 4) is 5.75 Å². The Hall–Kier alpha value is -1.59. The highest BCUT2D eigenvalue weighted by Crippen LogP contribution is 2.30. The molecular formula is C15H20N2O3. The Morgan fingerprint density at radius 1 is 1.50 bits per heavy atom. The van der Waals surface area contributed by atoms with Crippen LogP contribution in [-0.2, 0) is 11.2 Å². The lowest BCUT2D eigenvalue weighted by atomic mass is 10.0. The van der Waals surface area contributed by atoms with Gasteiger partial charge in [0.05, 0.1) is 18.3 Å². The standard InChI is InChI=1S/C15H20N2O3/c1-19-13-9-17(7-5-12(13)16)15(18)11-4-2-3-10-6-8-20-14(10)11/h2-4,12-13H,5-9,16H2,1H3/t12-,13+/m0/s1. The number of carbonyl (C=O) groups excluding carboxylic acids is 1. The molecule has 0 saturated carbocycles. The first-order valence-corrected chi connectivity index (χ1v) is 7.03. The Morgan fingerprint density at radius 3 is 3.15 bits per heavy atom. The predicted molar refractivity (Wildman–Crippen MR) is 74.9 cm³/mol. The van der Waals surface area contributed by atoms with Gasteiger partial charge in [-0.05, 0) is 18.1 Å². The fraction of sp³-hybridized carbons (Fsp3) is 0.533. The van der Waals surface area contributed by atoms with Crippen molar-refractivity contribution in [2.75, 3.05) is 26.8 Å². The smallest absolute Gasteiger partial charge is 0.257 e. The largest absolute Gasteiger partial charge is 0.492 e. The summed E-state index contributed by atoms with van der Waals surface area (Å²) in [6.07, 6.45) is 1.55. The number of nitrogens with two attached hydrogens (primary N) is 1. The maximum Gasteiger partial charge on any atom is 0.257 e. The molecule has 0 bridgehead atoms. The molecule has 5 heteroatoms. The van der Waals surface area contributed by atoms with E-state index < -0.39 is 0 Å². The summed E-state index contributed by atoms with van der Waals surface area (Å²) in [7, 11) is 1.64. The minimum Gasteiger partial charge on any atom is -0.492 e. The Bertz CT molecular complexity index is 518. The van der Waals surface area contributed by atoms with Gasteiger partial charge in [0.1, 0.15) is 5.75 Å². The van der Waals surface area contributed by atoms with E-state index in [2.05, 4.69) is 0 Å². The van der Waals surface area contributed by atoms with Gasteiger partial charge in [-0.1, -0.05) is 12.1 Å². The van der Waals surface area contributed by atoms with Crippen molar-refractivity contribution in [1.82, 2.24) is 4.90 Å². The highest BCUT2D eigenvalue weighted by molar-refractivity contribution is 5.97. The molecule has 0 aromatic heterocycles. The van der Waals surface area contributed by atoms with Crippen molar-refractivity contribution < 1.29 is 14.3 Å². The number of amides is 1. The molecule has 1 saturated heterocycles. The third kappa shape index (κ3) is 2.27. The molecule has 2 aliphatic rings. The Morgan fingerprint density at radius 2 is 2.35 bits per heavy atom. The fourth-order valence-corrected chi connectivity index (χ4v) is 2.92. The number of nitrogens with zero attached hydrogens (tertiary/aromatic N) is 1. The van der Waals surface area contributed by atoms with E-state index in [-0.39, 0.29) is 18.1 Å². The molecule has 5 nitrogen and oxygen atoms in total. The van der Waals surface area contributed by atoms with Gasteiger partial charge in [0.2, 0.25) is 0 Å². The number of hydrogen-bond donors (Lipinski definition) is 1. The van der Waals surface area contributed by atoms with Gasteiger partial charge in [-0.15, -0.1) is 0 Å². The minimum absolute atomic E-state index is 0.00166. The van der Waals surface area contributed by atoms with Crippen molar-refractivity contribution in [2.24, 2.45) is 5.73 Å². The normalized spacial score (nSPS) is 25.2. The number of likely N-dealkylation sites (tertiary alicyclic amines) is 1. The molecule has 1 amide bonds. The van der Waals surface area contributed by atoms with Crippen molar-refractivity contribution in [2.45, 2.75) is 25.0 Å². The van der Waals surface area contributed by atoms with E-state index in [1.807, 2.05) is 23.1 Å². The molecule has 2 aliphatic heterocycles. The summed E-state index contributed by atoms with van der Waals surface area (Å²) in [5.41, 5.74) is 7.77. The zero-order chi connectivity index (χ0) is 14.1. The molecule has 1 fully saturated rings.